The molecule has 1 aromatic carbocycles. The molecule has 0 bridgehead atoms. The number of nitrogens with zero attached hydrogens (tertiary/aromatic N) is 3. The highest BCUT2D eigenvalue weighted by molar-refractivity contribution is 5.93. The molecule has 4 nitrogen and oxygen atoms in total. The Kier molecular flexibility index (Phi) is 2.99. The molecule has 0 aliphatic heterocycles. The van der Waals surface area contributed by atoms with Crippen molar-refractivity contribution in [2.45, 2.75) is 0 Å². The number of aromatic nitrogens is 2. The summed E-state index contributed by atoms with van der Waals surface area (Å²) in [6, 6.07) is 13.8. The summed E-state index contributed by atoms with van der Waals surface area (Å²) in [5, 5.41) is 0. The molecule has 0 N–H and O–H groups in total. The lowest BCUT2D eigenvalue weighted by Gasteiger charge is -2.14. The third-order valence-electron chi connectivity index (χ3n) is 3.30. The minimum atomic E-state index is 0.466. The Morgan fingerprint density at radius 1 is 1.10 bits per heavy atom. The predicted octanol–water partition coefficient (Wildman–Crippen LogP) is 2.88. The van der Waals surface area contributed by atoms with Crippen molar-refractivity contribution in [3.05, 3.63) is 54.4 Å². The van der Waals surface area contributed by atoms with E-state index in [0.717, 1.165) is 28.9 Å². The van der Waals surface area contributed by atoms with Crippen LogP contribution in [0.25, 0.3) is 16.9 Å². The Bertz CT molecular complexity index is 760. The molecule has 0 aliphatic rings. The van der Waals surface area contributed by atoms with E-state index in [2.05, 4.69) is 4.98 Å². The first-order valence-electron chi connectivity index (χ1n) is 6.41. The molecule has 0 amide bonds. The molecular weight excluding hydrogens is 250 g/mol. The lowest BCUT2D eigenvalue weighted by molar-refractivity contribution is 0.112. The Balaban J connectivity index is 2.36. The summed E-state index contributed by atoms with van der Waals surface area (Å²) in [4.78, 5) is 17.8. The molecule has 0 spiro atoms. The van der Waals surface area contributed by atoms with Crippen LogP contribution in [0.3, 0.4) is 0 Å². The van der Waals surface area contributed by atoms with Crippen molar-refractivity contribution in [1.82, 2.24) is 9.38 Å². The zero-order valence-corrected chi connectivity index (χ0v) is 11.4. The van der Waals surface area contributed by atoms with Crippen LogP contribution in [0.2, 0.25) is 0 Å². The summed E-state index contributed by atoms with van der Waals surface area (Å²) >= 11 is 0. The van der Waals surface area contributed by atoms with Crippen molar-refractivity contribution >= 4 is 17.5 Å². The topological polar surface area (TPSA) is 37.6 Å². The van der Waals surface area contributed by atoms with Crippen LogP contribution in [-0.2, 0) is 0 Å². The summed E-state index contributed by atoms with van der Waals surface area (Å²) in [7, 11) is 3.91. The number of hydrogen-bond acceptors (Lipinski definition) is 3. The molecule has 3 rings (SSSR count). The number of carbonyl (C=O) groups is 1. The number of aldehydes is 1. The van der Waals surface area contributed by atoms with Gasteiger partial charge in [-0.2, -0.15) is 0 Å². The van der Waals surface area contributed by atoms with E-state index in [1.807, 2.05) is 72.1 Å². The van der Waals surface area contributed by atoms with E-state index < -0.39 is 0 Å². The first-order chi connectivity index (χ1) is 9.72. The van der Waals surface area contributed by atoms with Gasteiger partial charge in [0.2, 0.25) is 0 Å². The fraction of sp³-hybridized carbons (Fsp3) is 0.125. The van der Waals surface area contributed by atoms with Crippen LogP contribution in [0.15, 0.2) is 48.7 Å². The van der Waals surface area contributed by atoms with Crippen molar-refractivity contribution in [2.24, 2.45) is 0 Å². The number of carbonyl (C=O) groups excluding carboxylic acids is 1. The van der Waals surface area contributed by atoms with E-state index >= 15 is 0 Å². The standard InChI is InChI=1S/C16H15N3O/c1-18(2)14-9-6-10-19-15(14)13(11-20)17-16(19)12-7-4-3-5-8-12/h3-11H,1-2H3. The fourth-order valence-electron chi connectivity index (χ4n) is 2.38. The quantitative estimate of drug-likeness (QED) is 0.683. The number of benzene rings is 1. The first kappa shape index (κ1) is 12.4. The SMILES string of the molecule is CN(C)c1cccn2c(-c3ccccc3)nc(C=O)c12. The van der Waals surface area contributed by atoms with Gasteiger partial charge in [-0.3, -0.25) is 9.20 Å². The van der Waals surface area contributed by atoms with E-state index in [4.69, 9.17) is 0 Å². The van der Waals surface area contributed by atoms with E-state index in [1.165, 1.54) is 0 Å². The number of anilines is 1. The monoisotopic (exact) mass is 265 g/mol. The van der Waals surface area contributed by atoms with Crippen molar-refractivity contribution in [3.63, 3.8) is 0 Å². The van der Waals surface area contributed by atoms with Gasteiger partial charge in [-0.25, -0.2) is 4.98 Å². The molecule has 4 heteroatoms. The first-order valence-corrected chi connectivity index (χ1v) is 6.41. The van der Waals surface area contributed by atoms with Gasteiger partial charge in [-0.05, 0) is 12.1 Å². The third kappa shape index (κ3) is 1.86. The van der Waals surface area contributed by atoms with Crippen LogP contribution >= 0.6 is 0 Å². The highest BCUT2D eigenvalue weighted by Crippen LogP contribution is 2.28. The molecule has 0 unspecified atom stereocenters. The summed E-state index contributed by atoms with van der Waals surface area (Å²) in [6.07, 6.45) is 2.75. The minimum Gasteiger partial charge on any atom is -0.376 e. The Morgan fingerprint density at radius 3 is 2.50 bits per heavy atom. The number of fused-ring (bicyclic) bond motifs is 1. The van der Waals surface area contributed by atoms with Gasteiger partial charge in [0.05, 0.1) is 11.2 Å². The van der Waals surface area contributed by atoms with Crippen LogP contribution in [0.5, 0.6) is 0 Å². The van der Waals surface area contributed by atoms with Crippen LogP contribution in [0.1, 0.15) is 10.5 Å². The summed E-state index contributed by atoms with van der Waals surface area (Å²) < 4.78 is 1.97. The van der Waals surface area contributed by atoms with Crippen LogP contribution < -0.4 is 4.90 Å². The molecule has 0 aliphatic carbocycles. The van der Waals surface area contributed by atoms with Gasteiger partial charge < -0.3 is 4.90 Å². The molecule has 0 saturated heterocycles. The number of hydrogen-bond donors (Lipinski definition) is 0. The average molecular weight is 265 g/mol. The Hall–Kier alpha value is -2.62. The second-order valence-corrected chi connectivity index (χ2v) is 4.81. The maximum Gasteiger partial charge on any atom is 0.170 e. The zero-order valence-electron chi connectivity index (χ0n) is 11.4. The molecule has 0 saturated carbocycles. The van der Waals surface area contributed by atoms with E-state index in [-0.39, 0.29) is 0 Å². The molecule has 0 radical (unpaired) electrons. The second-order valence-electron chi connectivity index (χ2n) is 4.81. The largest absolute Gasteiger partial charge is 0.376 e. The zero-order chi connectivity index (χ0) is 14.1. The molecule has 0 atom stereocenters. The maximum atomic E-state index is 11.3. The van der Waals surface area contributed by atoms with Gasteiger partial charge in [0.1, 0.15) is 11.5 Å². The highest BCUT2D eigenvalue weighted by Gasteiger charge is 2.15. The van der Waals surface area contributed by atoms with Crippen molar-refractivity contribution in [3.8, 4) is 11.4 Å². The van der Waals surface area contributed by atoms with Gasteiger partial charge in [-0.15, -0.1) is 0 Å². The van der Waals surface area contributed by atoms with E-state index in [1.54, 1.807) is 0 Å². The van der Waals surface area contributed by atoms with Crippen molar-refractivity contribution in [2.75, 3.05) is 19.0 Å². The van der Waals surface area contributed by atoms with Gasteiger partial charge in [0.25, 0.3) is 0 Å². The van der Waals surface area contributed by atoms with Gasteiger partial charge in [0.15, 0.2) is 6.29 Å². The minimum absolute atomic E-state index is 0.466. The normalized spacial score (nSPS) is 10.7. The molecule has 2 aromatic heterocycles. The molecule has 20 heavy (non-hydrogen) atoms. The van der Waals surface area contributed by atoms with E-state index in [9.17, 15) is 4.79 Å². The summed E-state index contributed by atoms with van der Waals surface area (Å²) in [5.74, 6) is 0.784. The molecule has 100 valence electrons. The van der Waals surface area contributed by atoms with Crippen LogP contribution in [-0.4, -0.2) is 29.8 Å². The van der Waals surface area contributed by atoms with Gasteiger partial charge in [0, 0.05) is 25.9 Å². The second kappa shape index (κ2) is 4.81. The molecular formula is C16H15N3O. The summed E-state index contributed by atoms with van der Waals surface area (Å²) in [6.45, 7) is 0. The Morgan fingerprint density at radius 2 is 1.85 bits per heavy atom. The number of imidazole rings is 1. The molecule has 0 fully saturated rings. The summed E-state index contributed by atoms with van der Waals surface area (Å²) in [5.41, 5.74) is 3.27. The van der Waals surface area contributed by atoms with Crippen LogP contribution in [0.4, 0.5) is 5.69 Å². The smallest absolute Gasteiger partial charge is 0.170 e. The maximum absolute atomic E-state index is 11.3. The predicted molar refractivity (Wildman–Crippen MR) is 80.3 cm³/mol. The molecule has 3 aromatic rings. The highest BCUT2D eigenvalue weighted by atomic mass is 16.1. The lowest BCUT2D eigenvalue weighted by atomic mass is 10.2. The Labute approximate surface area is 117 Å². The lowest BCUT2D eigenvalue weighted by Crippen LogP contribution is -2.10. The number of rotatable bonds is 3. The van der Waals surface area contributed by atoms with E-state index in [0.29, 0.717) is 5.69 Å². The third-order valence-corrected chi connectivity index (χ3v) is 3.30. The van der Waals surface area contributed by atoms with Crippen molar-refractivity contribution in [1.29, 1.82) is 0 Å². The van der Waals surface area contributed by atoms with Gasteiger partial charge >= 0.3 is 0 Å². The van der Waals surface area contributed by atoms with Crippen molar-refractivity contribution < 1.29 is 4.79 Å². The molecule has 2 heterocycles. The van der Waals surface area contributed by atoms with Gasteiger partial charge in [-0.1, -0.05) is 30.3 Å². The fourth-order valence-corrected chi connectivity index (χ4v) is 2.38. The average Bonchev–Trinajstić information content (AvgIpc) is 2.86. The van der Waals surface area contributed by atoms with Crippen LogP contribution in [0, 0.1) is 0 Å². The number of pyridine rings is 1.